The molecule has 0 aliphatic carbocycles. The third kappa shape index (κ3) is 2.27. The number of aromatic nitrogens is 1. The Bertz CT molecular complexity index is 761. The van der Waals surface area contributed by atoms with Crippen LogP contribution in [0.15, 0.2) is 42.5 Å². The molecule has 0 atom stereocenters. The normalized spacial score (nSPS) is 10.8. The maximum Gasteiger partial charge on any atom is 0.221 e. The second-order valence-corrected chi connectivity index (χ2v) is 5.36. The molecule has 19 heavy (non-hydrogen) atoms. The summed E-state index contributed by atoms with van der Waals surface area (Å²) in [5.74, 6) is -0.518. The van der Waals surface area contributed by atoms with E-state index in [1.165, 1.54) is 35.6 Å². The number of ketones is 1. The fraction of sp³-hybridized carbons (Fsp3) is 0.0667. The Balaban J connectivity index is 2.04. The van der Waals surface area contributed by atoms with Gasteiger partial charge in [0.1, 0.15) is 5.82 Å². The Morgan fingerprint density at radius 3 is 2.63 bits per heavy atom. The molecule has 0 radical (unpaired) electrons. The quantitative estimate of drug-likeness (QED) is 0.660. The van der Waals surface area contributed by atoms with E-state index in [-0.39, 0.29) is 11.6 Å². The fourth-order valence-electron chi connectivity index (χ4n) is 1.85. The van der Waals surface area contributed by atoms with Crippen molar-refractivity contribution in [3.63, 3.8) is 0 Å². The van der Waals surface area contributed by atoms with Gasteiger partial charge in [-0.15, -0.1) is 11.3 Å². The molecule has 0 unspecified atom stereocenters. The molecule has 94 valence electrons. The molecule has 1 heterocycles. The summed E-state index contributed by atoms with van der Waals surface area (Å²) in [4.78, 5) is 16.6. The zero-order valence-electron chi connectivity index (χ0n) is 10.2. The standard InChI is InChI=1S/C15H10FNOS/c1-9-2-7-12-13(8-9)19-15(17-12)14(18)10-3-5-11(16)6-4-10/h2-8H,1H3. The van der Waals surface area contributed by atoms with Crippen LogP contribution in [0.4, 0.5) is 4.39 Å². The van der Waals surface area contributed by atoms with E-state index < -0.39 is 0 Å². The van der Waals surface area contributed by atoms with E-state index in [1.807, 2.05) is 25.1 Å². The number of hydrogen-bond donors (Lipinski definition) is 0. The highest BCUT2D eigenvalue weighted by Crippen LogP contribution is 2.25. The van der Waals surface area contributed by atoms with Crippen LogP contribution in [0.25, 0.3) is 10.2 Å². The van der Waals surface area contributed by atoms with Crippen LogP contribution in [-0.4, -0.2) is 10.8 Å². The summed E-state index contributed by atoms with van der Waals surface area (Å²) < 4.78 is 13.8. The van der Waals surface area contributed by atoms with Crippen LogP contribution >= 0.6 is 11.3 Å². The van der Waals surface area contributed by atoms with Gasteiger partial charge in [-0.3, -0.25) is 4.79 Å². The molecule has 4 heteroatoms. The van der Waals surface area contributed by atoms with Gasteiger partial charge in [0.15, 0.2) is 5.01 Å². The van der Waals surface area contributed by atoms with E-state index in [1.54, 1.807) is 0 Å². The predicted octanol–water partition coefficient (Wildman–Crippen LogP) is 3.97. The number of rotatable bonds is 2. The summed E-state index contributed by atoms with van der Waals surface area (Å²) in [6, 6.07) is 11.4. The van der Waals surface area contributed by atoms with E-state index in [2.05, 4.69) is 4.98 Å². The smallest absolute Gasteiger partial charge is 0.221 e. The maximum atomic E-state index is 12.8. The zero-order valence-corrected chi connectivity index (χ0v) is 11.0. The molecular weight excluding hydrogens is 261 g/mol. The highest BCUT2D eigenvalue weighted by atomic mass is 32.1. The average Bonchev–Trinajstić information content (AvgIpc) is 2.81. The van der Waals surface area contributed by atoms with E-state index in [0.29, 0.717) is 10.6 Å². The van der Waals surface area contributed by atoms with Crippen LogP contribution in [0.2, 0.25) is 0 Å². The summed E-state index contributed by atoms with van der Waals surface area (Å²) in [5, 5.41) is 0.437. The van der Waals surface area contributed by atoms with Crippen molar-refractivity contribution in [2.45, 2.75) is 6.92 Å². The molecule has 0 saturated carbocycles. The van der Waals surface area contributed by atoms with Gasteiger partial charge >= 0.3 is 0 Å². The Labute approximate surface area is 113 Å². The Morgan fingerprint density at radius 2 is 1.89 bits per heavy atom. The number of thiazole rings is 1. The van der Waals surface area contributed by atoms with Crippen LogP contribution in [0.3, 0.4) is 0 Å². The first-order valence-electron chi connectivity index (χ1n) is 5.81. The topological polar surface area (TPSA) is 30.0 Å². The van der Waals surface area contributed by atoms with Crippen molar-refractivity contribution in [1.82, 2.24) is 4.98 Å². The van der Waals surface area contributed by atoms with Crippen molar-refractivity contribution < 1.29 is 9.18 Å². The molecule has 0 fully saturated rings. The van der Waals surface area contributed by atoms with Gasteiger partial charge in [0, 0.05) is 5.56 Å². The summed E-state index contributed by atoms with van der Waals surface area (Å²) >= 11 is 1.36. The lowest BCUT2D eigenvalue weighted by Gasteiger charge is -1.96. The molecule has 0 saturated heterocycles. The minimum Gasteiger partial charge on any atom is -0.286 e. The van der Waals surface area contributed by atoms with Gasteiger partial charge in [0.05, 0.1) is 10.2 Å². The number of carbonyl (C=O) groups excluding carboxylic acids is 1. The van der Waals surface area contributed by atoms with Crippen LogP contribution in [-0.2, 0) is 0 Å². The molecule has 1 aromatic heterocycles. The number of fused-ring (bicyclic) bond motifs is 1. The molecule has 0 bridgehead atoms. The number of benzene rings is 2. The minimum absolute atomic E-state index is 0.168. The van der Waals surface area contributed by atoms with E-state index in [4.69, 9.17) is 0 Å². The van der Waals surface area contributed by atoms with Crippen LogP contribution in [0, 0.1) is 12.7 Å². The molecule has 3 aromatic rings. The molecule has 3 rings (SSSR count). The summed E-state index contributed by atoms with van der Waals surface area (Å²) in [7, 11) is 0. The Hall–Kier alpha value is -2.07. The van der Waals surface area contributed by atoms with Gasteiger partial charge in [-0.2, -0.15) is 0 Å². The van der Waals surface area contributed by atoms with E-state index >= 15 is 0 Å². The SMILES string of the molecule is Cc1ccc2nc(C(=O)c3ccc(F)cc3)sc2c1. The van der Waals surface area contributed by atoms with Crippen LogP contribution in [0.1, 0.15) is 20.9 Å². The minimum atomic E-state index is -0.350. The number of nitrogens with zero attached hydrogens (tertiary/aromatic N) is 1. The van der Waals surface area contributed by atoms with E-state index in [9.17, 15) is 9.18 Å². The zero-order chi connectivity index (χ0) is 13.4. The van der Waals surface area contributed by atoms with Gasteiger partial charge in [-0.25, -0.2) is 9.37 Å². The van der Waals surface area contributed by atoms with Crippen molar-refractivity contribution in [3.8, 4) is 0 Å². The molecule has 2 aromatic carbocycles. The first-order chi connectivity index (χ1) is 9.13. The van der Waals surface area contributed by atoms with Gasteiger partial charge in [-0.05, 0) is 48.9 Å². The maximum absolute atomic E-state index is 12.8. The number of aryl methyl sites for hydroxylation is 1. The van der Waals surface area contributed by atoms with Crippen LogP contribution < -0.4 is 0 Å². The van der Waals surface area contributed by atoms with Gasteiger partial charge in [0.2, 0.25) is 5.78 Å². The van der Waals surface area contributed by atoms with E-state index in [0.717, 1.165) is 15.8 Å². The second-order valence-electron chi connectivity index (χ2n) is 4.33. The van der Waals surface area contributed by atoms with Crippen molar-refractivity contribution in [1.29, 1.82) is 0 Å². The number of hydrogen-bond acceptors (Lipinski definition) is 3. The predicted molar refractivity (Wildman–Crippen MR) is 74.2 cm³/mol. The first-order valence-corrected chi connectivity index (χ1v) is 6.62. The van der Waals surface area contributed by atoms with Crippen molar-refractivity contribution in [3.05, 3.63) is 64.4 Å². The largest absolute Gasteiger partial charge is 0.286 e. The summed E-state index contributed by atoms with van der Waals surface area (Å²) in [5.41, 5.74) is 2.41. The molecule has 0 aliphatic heterocycles. The van der Waals surface area contributed by atoms with Gasteiger partial charge < -0.3 is 0 Å². The first kappa shape index (κ1) is 12.0. The Morgan fingerprint density at radius 1 is 1.16 bits per heavy atom. The third-order valence-electron chi connectivity index (χ3n) is 2.84. The summed E-state index contributed by atoms with van der Waals surface area (Å²) in [6.45, 7) is 2.00. The lowest BCUT2D eigenvalue weighted by Crippen LogP contribution is -2.00. The Kier molecular flexibility index (Phi) is 2.87. The van der Waals surface area contributed by atoms with Crippen molar-refractivity contribution in [2.24, 2.45) is 0 Å². The molecular formula is C15H10FNOS. The molecule has 0 spiro atoms. The fourth-order valence-corrected chi connectivity index (χ4v) is 2.88. The molecule has 2 nitrogen and oxygen atoms in total. The average molecular weight is 271 g/mol. The monoisotopic (exact) mass is 271 g/mol. The van der Waals surface area contributed by atoms with Gasteiger partial charge in [-0.1, -0.05) is 6.07 Å². The highest BCUT2D eigenvalue weighted by molar-refractivity contribution is 7.20. The van der Waals surface area contributed by atoms with Crippen molar-refractivity contribution in [2.75, 3.05) is 0 Å². The molecule has 0 N–H and O–H groups in total. The lowest BCUT2D eigenvalue weighted by molar-refractivity contribution is 0.103. The molecule has 0 amide bonds. The molecule has 0 aliphatic rings. The van der Waals surface area contributed by atoms with Crippen LogP contribution in [0.5, 0.6) is 0 Å². The number of halogens is 1. The number of carbonyl (C=O) groups is 1. The third-order valence-corrected chi connectivity index (χ3v) is 3.86. The second kappa shape index (κ2) is 4.55. The highest BCUT2D eigenvalue weighted by Gasteiger charge is 2.14. The van der Waals surface area contributed by atoms with Gasteiger partial charge in [0.25, 0.3) is 0 Å². The van der Waals surface area contributed by atoms with Crippen molar-refractivity contribution >= 4 is 27.3 Å². The lowest BCUT2D eigenvalue weighted by atomic mass is 10.1. The summed E-state index contributed by atoms with van der Waals surface area (Å²) in [6.07, 6.45) is 0.